The van der Waals surface area contributed by atoms with Gasteiger partial charge < -0.3 is 10.2 Å². The van der Waals surface area contributed by atoms with E-state index in [0.29, 0.717) is 18.8 Å². The van der Waals surface area contributed by atoms with Gasteiger partial charge in [-0.25, -0.2) is 0 Å². The Morgan fingerprint density at radius 2 is 1.83 bits per heavy atom. The number of nitro groups is 1. The highest BCUT2D eigenvalue weighted by atomic mass is 32.2. The maximum absolute atomic E-state index is 13.0. The van der Waals surface area contributed by atoms with Crippen molar-refractivity contribution in [3.05, 3.63) is 75.3 Å². The summed E-state index contributed by atoms with van der Waals surface area (Å²) in [6.07, 6.45) is 0. The summed E-state index contributed by atoms with van der Waals surface area (Å²) in [6.45, 7) is 6.44. The Morgan fingerprint density at radius 3 is 2.43 bits per heavy atom. The number of thioether (sulfide) groups is 1. The molecule has 0 heterocycles. The summed E-state index contributed by atoms with van der Waals surface area (Å²) in [5.41, 5.74) is 3.01. The monoisotopic (exact) mass is 429 g/mol. The van der Waals surface area contributed by atoms with Gasteiger partial charge in [0.25, 0.3) is 5.69 Å². The maximum Gasteiger partial charge on any atom is 0.269 e. The fourth-order valence-electron chi connectivity index (χ4n) is 2.93. The summed E-state index contributed by atoms with van der Waals surface area (Å²) in [5.74, 6) is 0.466. The van der Waals surface area contributed by atoms with Crippen LogP contribution in [-0.4, -0.2) is 40.0 Å². The molecule has 0 aliphatic carbocycles. The van der Waals surface area contributed by atoms with Gasteiger partial charge in [0.2, 0.25) is 11.8 Å². The summed E-state index contributed by atoms with van der Waals surface area (Å²) in [4.78, 5) is 37.3. The normalized spacial score (nSPS) is 11.6. The predicted octanol–water partition coefficient (Wildman–Crippen LogP) is 3.69. The zero-order chi connectivity index (χ0) is 22.1. The Kier molecular flexibility index (Phi) is 8.86. The number of rotatable bonds is 10. The molecule has 0 radical (unpaired) electrons. The van der Waals surface area contributed by atoms with Crippen LogP contribution in [-0.2, 0) is 21.9 Å². The molecule has 1 N–H and O–H groups in total. The van der Waals surface area contributed by atoms with Crippen LogP contribution in [0.4, 0.5) is 5.69 Å². The first kappa shape index (κ1) is 23.4. The van der Waals surface area contributed by atoms with E-state index in [1.165, 1.54) is 23.9 Å². The van der Waals surface area contributed by atoms with Gasteiger partial charge in [-0.15, -0.1) is 11.8 Å². The van der Waals surface area contributed by atoms with Crippen LogP contribution in [0.1, 0.15) is 30.5 Å². The molecule has 0 aromatic heterocycles. The quantitative estimate of drug-likeness (QED) is 0.459. The fourth-order valence-corrected chi connectivity index (χ4v) is 3.80. The lowest BCUT2D eigenvalue weighted by Crippen LogP contribution is -2.48. The number of hydrogen-bond donors (Lipinski definition) is 1. The number of amides is 2. The Bertz CT molecular complexity index is 886. The van der Waals surface area contributed by atoms with E-state index in [4.69, 9.17) is 0 Å². The van der Waals surface area contributed by atoms with Gasteiger partial charge in [0, 0.05) is 31.0 Å². The Labute approximate surface area is 181 Å². The van der Waals surface area contributed by atoms with E-state index >= 15 is 0 Å². The number of non-ortho nitro benzene ring substituents is 1. The first-order valence-corrected chi connectivity index (χ1v) is 10.9. The summed E-state index contributed by atoms with van der Waals surface area (Å²) < 4.78 is 0. The van der Waals surface area contributed by atoms with Crippen molar-refractivity contribution in [1.82, 2.24) is 10.2 Å². The van der Waals surface area contributed by atoms with Crippen molar-refractivity contribution in [3.63, 3.8) is 0 Å². The summed E-state index contributed by atoms with van der Waals surface area (Å²) in [6, 6.07) is 13.5. The minimum atomic E-state index is -0.586. The molecule has 0 aliphatic heterocycles. The number of benzene rings is 2. The SMILES string of the molecule is CCNC(=O)[C@@H](C)N(Cc1ccccc1C)C(=O)CSCc1ccc([N+](=O)[O-])cc1. The number of likely N-dealkylation sites (N-methyl/N-ethyl adjacent to an activating group) is 1. The van der Waals surface area contributed by atoms with Crippen LogP contribution in [0, 0.1) is 17.0 Å². The third-order valence-electron chi connectivity index (χ3n) is 4.76. The van der Waals surface area contributed by atoms with Crippen LogP contribution >= 0.6 is 11.8 Å². The van der Waals surface area contributed by atoms with E-state index in [0.717, 1.165) is 16.7 Å². The lowest BCUT2D eigenvalue weighted by Gasteiger charge is -2.29. The van der Waals surface area contributed by atoms with Crippen LogP contribution in [0.25, 0.3) is 0 Å². The molecular formula is C22H27N3O4S. The van der Waals surface area contributed by atoms with Gasteiger partial charge in [-0.1, -0.05) is 36.4 Å². The van der Waals surface area contributed by atoms with Gasteiger partial charge in [0.1, 0.15) is 6.04 Å². The van der Waals surface area contributed by atoms with Crippen molar-refractivity contribution in [1.29, 1.82) is 0 Å². The molecule has 1 atom stereocenters. The number of nitrogens with zero attached hydrogens (tertiary/aromatic N) is 2. The zero-order valence-electron chi connectivity index (χ0n) is 17.5. The summed E-state index contributed by atoms with van der Waals surface area (Å²) in [5, 5.41) is 13.5. The van der Waals surface area contributed by atoms with Crippen LogP contribution < -0.4 is 5.32 Å². The highest BCUT2D eigenvalue weighted by molar-refractivity contribution is 7.99. The second kappa shape index (κ2) is 11.3. The number of hydrogen-bond acceptors (Lipinski definition) is 5. The topological polar surface area (TPSA) is 92.6 Å². The molecule has 2 aromatic rings. The minimum absolute atomic E-state index is 0.0417. The highest BCUT2D eigenvalue weighted by Crippen LogP contribution is 2.19. The molecule has 30 heavy (non-hydrogen) atoms. The van der Waals surface area contributed by atoms with E-state index in [9.17, 15) is 19.7 Å². The number of aryl methyl sites for hydroxylation is 1. The summed E-state index contributed by atoms with van der Waals surface area (Å²) in [7, 11) is 0. The molecule has 0 aliphatic rings. The van der Waals surface area contributed by atoms with Gasteiger partial charge >= 0.3 is 0 Å². The first-order chi connectivity index (χ1) is 14.3. The third-order valence-corrected chi connectivity index (χ3v) is 5.75. The van der Waals surface area contributed by atoms with Crippen LogP contribution in [0.5, 0.6) is 0 Å². The van der Waals surface area contributed by atoms with Crippen molar-refractivity contribution in [2.75, 3.05) is 12.3 Å². The standard InChI is InChI=1S/C22H27N3O4S/c1-4-23-22(27)17(3)24(13-19-8-6-5-7-16(19)2)21(26)15-30-14-18-9-11-20(12-10-18)25(28)29/h5-12,17H,4,13-15H2,1-3H3,(H,23,27)/t17-/m1/s1. The Balaban J connectivity index is 2.04. The van der Waals surface area contributed by atoms with Gasteiger partial charge in [0.15, 0.2) is 0 Å². The first-order valence-electron chi connectivity index (χ1n) is 9.76. The van der Waals surface area contributed by atoms with Gasteiger partial charge in [-0.2, -0.15) is 0 Å². The molecule has 160 valence electrons. The molecule has 2 amide bonds. The second-order valence-electron chi connectivity index (χ2n) is 6.94. The van der Waals surface area contributed by atoms with E-state index in [1.807, 2.05) is 38.1 Å². The molecule has 0 fully saturated rings. The molecule has 8 heteroatoms. The van der Waals surface area contributed by atoms with Crippen LogP contribution in [0.3, 0.4) is 0 Å². The second-order valence-corrected chi connectivity index (χ2v) is 7.92. The van der Waals surface area contributed by atoms with E-state index in [-0.39, 0.29) is 23.3 Å². The average Bonchev–Trinajstić information content (AvgIpc) is 2.73. The van der Waals surface area contributed by atoms with Gasteiger partial charge in [0.05, 0.1) is 10.7 Å². The van der Waals surface area contributed by atoms with Crippen molar-refractivity contribution in [2.24, 2.45) is 0 Å². The number of nitro benzene ring substituents is 1. The maximum atomic E-state index is 13.0. The minimum Gasteiger partial charge on any atom is -0.355 e. The zero-order valence-corrected chi connectivity index (χ0v) is 18.3. The molecule has 0 saturated heterocycles. The molecule has 2 aromatic carbocycles. The van der Waals surface area contributed by atoms with Crippen molar-refractivity contribution in [2.45, 2.75) is 39.1 Å². The molecule has 0 unspecified atom stereocenters. The largest absolute Gasteiger partial charge is 0.355 e. The van der Waals surface area contributed by atoms with Crippen molar-refractivity contribution in [3.8, 4) is 0 Å². The van der Waals surface area contributed by atoms with Crippen molar-refractivity contribution < 1.29 is 14.5 Å². The van der Waals surface area contributed by atoms with Crippen molar-refractivity contribution >= 4 is 29.3 Å². The molecule has 0 saturated carbocycles. The molecular weight excluding hydrogens is 402 g/mol. The van der Waals surface area contributed by atoms with Crippen LogP contribution in [0.15, 0.2) is 48.5 Å². The molecule has 0 spiro atoms. The van der Waals surface area contributed by atoms with E-state index < -0.39 is 11.0 Å². The third kappa shape index (κ3) is 6.59. The molecule has 7 nitrogen and oxygen atoms in total. The number of carbonyl (C=O) groups is 2. The van der Waals surface area contributed by atoms with E-state index in [2.05, 4.69) is 5.32 Å². The van der Waals surface area contributed by atoms with E-state index in [1.54, 1.807) is 24.0 Å². The fraction of sp³-hybridized carbons (Fsp3) is 0.364. The smallest absolute Gasteiger partial charge is 0.269 e. The molecule has 0 bridgehead atoms. The predicted molar refractivity (Wildman–Crippen MR) is 119 cm³/mol. The molecule has 2 rings (SSSR count). The van der Waals surface area contributed by atoms with Crippen LogP contribution in [0.2, 0.25) is 0 Å². The number of nitrogens with one attached hydrogen (secondary N) is 1. The highest BCUT2D eigenvalue weighted by Gasteiger charge is 2.26. The summed E-state index contributed by atoms with van der Waals surface area (Å²) >= 11 is 1.42. The lowest BCUT2D eigenvalue weighted by atomic mass is 10.1. The Hall–Kier alpha value is -2.87. The average molecular weight is 430 g/mol. The lowest BCUT2D eigenvalue weighted by molar-refractivity contribution is -0.384. The van der Waals surface area contributed by atoms with Gasteiger partial charge in [-0.3, -0.25) is 19.7 Å². The Morgan fingerprint density at radius 1 is 1.17 bits per heavy atom. The number of carbonyl (C=O) groups excluding carboxylic acids is 2. The van der Waals surface area contributed by atoms with Gasteiger partial charge in [-0.05, 0) is 37.5 Å².